The van der Waals surface area contributed by atoms with Crippen molar-refractivity contribution < 1.29 is 0 Å². The molecule has 2 aliphatic rings. The number of fused-ring (bicyclic) bond motifs is 2. The van der Waals surface area contributed by atoms with Crippen molar-refractivity contribution in [2.75, 3.05) is 19.0 Å². The van der Waals surface area contributed by atoms with Crippen LogP contribution in [0.1, 0.15) is 102 Å². The van der Waals surface area contributed by atoms with Crippen molar-refractivity contribution in [3.8, 4) is 10.6 Å². The van der Waals surface area contributed by atoms with E-state index in [1.807, 2.05) is 6.07 Å². The van der Waals surface area contributed by atoms with Gasteiger partial charge in [-0.25, -0.2) is 4.98 Å². The van der Waals surface area contributed by atoms with Gasteiger partial charge in [-0.3, -0.25) is 4.79 Å². The van der Waals surface area contributed by atoms with Gasteiger partial charge in [0.1, 0.15) is 0 Å². The van der Waals surface area contributed by atoms with E-state index >= 15 is 0 Å². The lowest BCUT2D eigenvalue weighted by molar-refractivity contribution is 0.535. The summed E-state index contributed by atoms with van der Waals surface area (Å²) < 4.78 is 1.14. The minimum absolute atomic E-state index is 0.0483. The summed E-state index contributed by atoms with van der Waals surface area (Å²) in [6.07, 6.45) is 20.6. The maximum Gasteiger partial charge on any atom is 0.180 e. The molecule has 186 valence electrons. The van der Waals surface area contributed by atoms with E-state index in [-0.39, 0.29) is 5.43 Å². The predicted octanol–water partition coefficient (Wildman–Crippen LogP) is 8.85. The zero-order valence-electron chi connectivity index (χ0n) is 21.7. The molecule has 0 atom stereocenters. The van der Waals surface area contributed by atoms with E-state index < -0.39 is 0 Å². The largest absolute Gasteiger partial charge is 0.377 e. The highest BCUT2D eigenvalue weighted by atomic mass is 32.1. The van der Waals surface area contributed by atoms with Crippen molar-refractivity contribution in [1.29, 1.82) is 0 Å². The number of hydrogen-bond donors (Lipinski definition) is 0. The van der Waals surface area contributed by atoms with Gasteiger partial charge in [0.2, 0.25) is 0 Å². The summed E-state index contributed by atoms with van der Waals surface area (Å²) >= 11 is 1.66. The first-order chi connectivity index (χ1) is 16.6. The third kappa shape index (κ3) is 8.37. The fourth-order valence-electron chi connectivity index (χ4n) is 4.81. The van der Waals surface area contributed by atoms with Crippen LogP contribution in [0, 0.1) is 0 Å². The fourth-order valence-corrected chi connectivity index (χ4v) is 5.82. The van der Waals surface area contributed by atoms with Crippen LogP contribution in [-0.2, 0) is 6.42 Å². The minimum atomic E-state index is 0.0483. The Morgan fingerprint density at radius 3 is 1.94 bits per heavy atom. The Bertz CT molecular complexity index is 1030. The number of aryl methyl sites for hydroxylation is 1. The average molecular weight is 481 g/mol. The number of hydrogen-bond acceptors (Lipinski definition) is 4. The molecule has 0 aromatic heterocycles. The quantitative estimate of drug-likeness (QED) is 0.152. The van der Waals surface area contributed by atoms with Gasteiger partial charge in [0.25, 0.3) is 0 Å². The van der Waals surface area contributed by atoms with Crippen LogP contribution in [0.3, 0.4) is 0 Å². The molecule has 3 nitrogen and oxygen atoms in total. The van der Waals surface area contributed by atoms with Crippen molar-refractivity contribution >= 4 is 27.2 Å². The first-order valence-electron chi connectivity index (χ1n) is 13.6. The highest BCUT2D eigenvalue weighted by molar-refractivity contribution is 7.21. The van der Waals surface area contributed by atoms with Gasteiger partial charge >= 0.3 is 0 Å². The second-order valence-corrected chi connectivity index (χ2v) is 11.1. The smallest absolute Gasteiger partial charge is 0.180 e. The molecule has 4 heteroatoms. The van der Waals surface area contributed by atoms with E-state index in [1.165, 1.54) is 101 Å². The number of nitrogens with zero attached hydrogens (tertiary/aromatic N) is 2. The molecule has 1 aliphatic heterocycles. The second kappa shape index (κ2) is 14.5. The van der Waals surface area contributed by atoms with Crippen LogP contribution in [0.4, 0.5) is 5.69 Å². The molecule has 1 heterocycles. The van der Waals surface area contributed by atoms with Gasteiger partial charge in [-0.2, -0.15) is 0 Å². The van der Waals surface area contributed by atoms with Gasteiger partial charge in [0.15, 0.2) is 5.43 Å². The molecule has 34 heavy (non-hydrogen) atoms. The molecule has 0 saturated carbocycles. The van der Waals surface area contributed by atoms with Crippen LogP contribution in [0.25, 0.3) is 20.8 Å². The fraction of sp³-hybridized carbons (Fsp3) is 0.600. The van der Waals surface area contributed by atoms with Crippen molar-refractivity contribution in [3.63, 3.8) is 0 Å². The van der Waals surface area contributed by atoms with Gasteiger partial charge in [-0.05, 0) is 42.7 Å². The highest BCUT2D eigenvalue weighted by Gasteiger charge is 2.12. The topological polar surface area (TPSA) is 33.2 Å². The molecule has 0 radical (unpaired) electrons. The van der Waals surface area contributed by atoms with Crippen molar-refractivity contribution in [3.05, 3.63) is 46.1 Å². The minimum Gasteiger partial charge on any atom is -0.377 e. The number of rotatable bonds is 16. The Kier molecular flexibility index (Phi) is 11.3. The summed E-state index contributed by atoms with van der Waals surface area (Å²) in [6, 6.07) is 9.68. The van der Waals surface area contributed by atoms with E-state index in [1.54, 1.807) is 23.5 Å². The van der Waals surface area contributed by atoms with E-state index in [4.69, 9.17) is 4.98 Å². The predicted molar refractivity (Wildman–Crippen MR) is 151 cm³/mol. The van der Waals surface area contributed by atoms with E-state index in [0.29, 0.717) is 0 Å². The number of aromatic nitrogens is 1. The van der Waals surface area contributed by atoms with Crippen LogP contribution >= 0.6 is 11.3 Å². The van der Waals surface area contributed by atoms with E-state index in [2.05, 4.69) is 38.1 Å². The molecule has 3 rings (SSSR count). The third-order valence-corrected chi connectivity index (χ3v) is 7.93. The molecule has 0 unspecified atom stereocenters. The third-order valence-electron chi connectivity index (χ3n) is 6.83. The van der Waals surface area contributed by atoms with Gasteiger partial charge in [-0.15, -0.1) is 11.3 Å². The van der Waals surface area contributed by atoms with E-state index in [9.17, 15) is 4.79 Å². The maximum atomic E-state index is 11.7. The lowest BCUT2D eigenvalue weighted by atomic mass is 10.0. The molecule has 1 aromatic rings. The number of anilines is 1. The summed E-state index contributed by atoms with van der Waals surface area (Å²) in [6.45, 7) is 2.29. The van der Waals surface area contributed by atoms with E-state index in [0.717, 1.165) is 27.2 Å². The first kappa shape index (κ1) is 26.7. The SMILES string of the molecule is CCCCCCCCCCCCCCCCc1cc2nc3ccc(=O)cc-3sc2cc1N(C)C. The Balaban J connectivity index is 1.40. The molecule has 0 bridgehead atoms. The highest BCUT2D eigenvalue weighted by Crippen LogP contribution is 2.34. The Morgan fingerprint density at radius 1 is 0.765 bits per heavy atom. The standard InChI is InChI=1S/C30H44N2OS/c1-4-5-6-7-8-9-10-11-12-13-14-15-16-17-18-24-21-27-30(23-28(24)32(2)3)34-29-22-25(33)19-20-26(29)31-27/h19-23H,4-18H2,1-3H3. The second-order valence-electron chi connectivity index (χ2n) is 10.0. The zero-order chi connectivity index (χ0) is 24.2. The summed E-state index contributed by atoms with van der Waals surface area (Å²) in [5, 5.41) is 0. The molecule has 1 aromatic carbocycles. The van der Waals surface area contributed by atoms with Crippen molar-refractivity contribution in [2.24, 2.45) is 0 Å². The summed E-state index contributed by atoms with van der Waals surface area (Å²) in [7, 11) is 4.23. The monoisotopic (exact) mass is 480 g/mol. The lowest BCUT2D eigenvalue weighted by Crippen LogP contribution is -2.11. The Labute approximate surface area is 211 Å². The molecule has 1 aliphatic carbocycles. The van der Waals surface area contributed by atoms with Crippen molar-refractivity contribution in [1.82, 2.24) is 4.98 Å². The maximum absolute atomic E-state index is 11.7. The Hall–Kier alpha value is -1.94. The van der Waals surface area contributed by atoms with Gasteiger partial charge in [-0.1, -0.05) is 90.4 Å². The van der Waals surface area contributed by atoms with Gasteiger partial charge in [0, 0.05) is 25.8 Å². The van der Waals surface area contributed by atoms with Crippen LogP contribution in [-0.4, -0.2) is 19.1 Å². The molecule has 0 N–H and O–H groups in total. The zero-order valence-corrected chi connectivity index (χ0v) is 22.5. The van der Waals surface area contributed by atoms with Crippen LogP contribution in [0.15, 0.2) is 35.1 Å². The summed E-state index contributed by atoms with van der Waals surface area (Å²) in [4.78, 5) is 19.8. The molecular weight excluding hydrogens is 436 g/mol. The first-order valence-corrected chi connectivity index (χ1v) is 14.4. The molecule has 0 saturated heterocycles. The Morgan fingerprint density at radius 2 is 1.35 bits per heavy atom. The van der Waals surface area contributed by atoms with Crippen LogP contribution in [0.2, 0.25) is 0 Å². The molecule has 0 fully saturated rings. The van der Waals surface area contributed by atoms with Crippen molar-refractivity contribution in [2.45, 2.75) is 103 Å². The number of unbranched alkanes of at least 4 members (excludes halogenated alkanes) is 13. The number of benzene rings is 2. The molecule has 0 spiro atoms. The van der Waals surface area contributed by atoms with Gasteiger partial charge < -0.3 is 4.90 Å². The van der Waals surface area contributed by atoms with Crippen LogP contribution < -0.4 is 10.3 Å². The van der Waals surface area contributed by atoms with Gasteiger partial charge in [0.05, 0.1) is 20.8 Å². The summed E-state index contributed by atoms with van der Waals surface area (Å²) in [5.74, 6) is 0. The molecular formula is C30H44N2OS. The average Bonchev–Trinajstić information content (AvgIpc) is 2.82. The normalized spacial score (nSPS) is 11.5. The molecule has 0 amide bonds. The van der Waals surface area contributed by atoms with Crippen LogP contribution in [0.5, 0.6) is 0 Å². The summed E-state index contributed by atoms with van der Waals surface area (Å²) in [5.41, 5.74) is 4.67. The lowest BCUT2D eigenvalue weighted by Gasteiger charge is -2.19.